The molecule has 6 nitrogen and oxygen atoms in total. The number of ether oxygens (including phenoxy) is 1. The van der Waals surface area contributed by atoms with Gasteiger partial charge in [0.2, 0.25) is 5.91 Å². The third kappa shape index (κ3) is 4.32. The molecule has 0 bridgehead atoms. The molecule has 29 heavy (non-hydrogen) atoms. The normalized spacial score (nSPS) is 15.3. The van der Waals surface area contributed by atoms with Gasteiger partial charge in [0.25, 0.3) is 5.91 Å². The minimum atomic E-state index is -0.638. The summed E-state index contributed by atoms with van der Waals surface area (Å²) < 4.78 is 5.37. The number of hydrogen-bond acceptors (Lipinski definition) is 3. The van der Waals surface area contributed by atoms with Gasteiger partial charge in [-0.1, -0.05) is 35.9 Å². The van der Waals surface area contributed by atoms with Crippen LogP contribution in [0.25, 0.3) is 10.9 Å². The number of carbonyl (C=O) groups excluding carboxylic acids is 2. The maximum absolute atomic E-state index is 13.2. The van der Waals surface area contributed by atoms with Crippen molar-refractivity contribution in [2.75, 3.05) is 26.3 Å². The lowest BCUT2D eigenvalue weighted by molar-refractivity contribution is -0.137. The average Bonchev–Trinajstić information content (AvgIpc) is 3.17. The molecule has 0 radical (unpaired) electrons. The third-order valence-corrected chi connectivity index (χ3v) is 5.34. The molecule has 0 unspecified atom stereocenters. The van der Waals surface area contributed by atoms with E-state index in [1.165, 1.54) is 0 Å². The second-order valence-corrected chi connectivity index (χ2v) is 7.39. The zero-order valence-electron chi connectivity index (χ0n) is 16.5. The minimum absolute atomic E-state index is 0.0703. The molecule has 2 N–H and O–H groups in total. The number of aromatic amines is 1. The van der Waals surface area contributed by atoms with Crippen LogP contribution in [0.5, 0.6) is 0 Å². The standard InChI is InChI=1S/C23H25N3O3/c1-16-6-8-17(9-7-16)22(27)25-21(23(28)26-10-12-29-13-11-26)14-18-15-24-20-5-3-2-4-19(18)20/h2-9,15,21,24H,10-14H2,1H3,(H,25,27)/t21-/m0/s1. The number of aryl methyl sites for hydroxylation is 1. The van der Waals surface area contributed by atoms with Gasteiger partial charge in [0.05, 0.1) is 13.2 Å². The van der Waals surface area contributed by atoms with E-state index in [1.54, 1.807) is 17.0 Å². The van der Waals surface area contributed by atoms with E-state index in [9.17, 15) is 9.59 Å². The average molecular weight is 391 g/mol. The molecular weight excluding hydrogens is 366 g/mol. The van der Waals surface area contributed by atoms with Crippen LogP contribution in [0.3, 0.4) is 0 Å². The zero-order chi connectivity index (χ0) is 20.2. The molecule has 0 aliphatic carbocycles. The SMILES string of the molecule is Cc1ccc(C(=O)N[C@@H](Cc2c[nH]c3ccccc23)C(=O)N2CCOCC2)cc1. The van der Waals surface area contributed by atoms with Gasteiger partial charge < -0.3 is 19.9 Å². The number of fused-ring (bicyclic) bond motifs is 1. The number of carbonyl (C=O) groups is 2. The van der Waals surface area contributed by atoms with Gasteiger partial charge in [0.1, 0.15) is 6.04 Å². The van der Waals surface area contributed by atoms with Crippen LogP contribution in [0, 0.1) is 6.92 Å². The van der Waals surface area contributed by atoms with Gasteiger partial charge in [-0.15, -0.1) is 0 Å². The lowest BCUT2D eigenvalue weighted by Gasteiger charge is -2.30. The van der Waals surface area contributed by atoms with Crippen molar-refractivity contribution >= 4 is 22.7 Å². The summed E-state index contributed by atoms with van der Waals surface area (Å²) in [6, 6.07) is 14.7. The van der Waals surface area contributed by atoms with Gasteiger partial charge in [-0.25, -0.2) is 0 Å². The fourth-order valence-corrected chi connectivity index (χ4v) is 3.67. The number of amides is 2. The summed E-state index contributed by atoms with van der Waals surface area (Å²) in [6.07, 6.45) is 2.35. The molecule has 4 rings (SSSR count). The smallest absolute Gasteiger partial charge is 0.251 e. The van der Waals surface area contributed by atoms with Crippen molar-refractivity contribution in [1.29, 1.82) is 0 Å². The van der Waals surface area contributed by atoms with E-state index in [-0.39, 0.29) is 11.8 Å². The largest absolute Gasteiger partial charge is 0.378 e. The highest BCUT2D eigenvalue weighted by Crippen LogP contribution is 2.20. The third-order valence-electron chi connectivity index (χ3n) is 5.34. The first-order chi connectivity index (χ1) is 14.1. The fraction of sp³-hybridized carbons (Fsp3) is 0.304. The van der Waals surface area contributed by atoms with Crippen molar-refractivity contribution < 1.29 is 14.3 Å². The Kier molecular flexibility index (Phi) is 5.62. The van der Waals surface area contributed by atoms with E-state index in [2.05, 4.69) is 10.3 Å². The Morgan fingerprint density at radius 2 is 1.83 bits per heavy atom. The molecule has 1 aromatic heterocycles. The van der Waals surface area contributed by atoms with Gasteiger partial charge in [0, 0.05) is 42.2 Å². The maximum atomic E-state index is 13.2. The van der Waals surface area contributed by atoms with Crippen LogP contribution in [0.2, 0.25) is 0 Å². The van der Waals surface area contributed by atoms with Gasteiger partial charge in [-0.2, -0.15) is 0 Å². The van der Waals surface area contributed by atoms with E-state index >= 15 is 0 Å². The number of rotatable bonds is 5. The van der Waals surface area contributed by atoms with E-state index in [0.717, 1.165) is 22.0 Å². The van der Waals surface area contributed by atoms with E-state index in [0.29, 0.717) is 38.3 Å². The number of hydrogen-bond donors (Lipinski definition) is 2. The van der Waals surface area contributed by atoms with Crippen molar-refractivity contribution in [3.63, 3.8) is 0 Å². The molecule has 0 spiro atoms. The summed E-state index contributed by atoms with van der Waals surface area (Å²) in [7, 11) is 0. The molecule has 1 saturated heterocycles. The van der Waals surface area contributed by atoms with Crippen LogP contribution >= 0.6 is 0 Å². The summed E-state index contributed by atoms with van der Waals surface area (Å²) in [5, 5.41) is 4.03. The Morgan fingerprint density at radius 1 is 1.10 bits per heavy atom. The number of para-hydroxylation sites is 1. The molecule has 2 amide bonds. The van der Waals surface area contributed by atoms with Gasteiger partial charge >= 0.3 is 0 Å². The Morgan fingerprint density at radius 3 is 2.59 bits per heavy atom. The Hall–Kier alpha value is -3.12. The number of H-pyrrole nitrogens is 1. The van der Waals surface area contributed by atoms with Gasteiger partial charge in [-0.05, 0) is 30.7 Å². The van der Waals surface area contributed by atoms with Crippen LogP contribution in [0.4, 0.5) is 0 Å². The molecule has 1 aliphatic rings. The predicted octanol–water partition coefficient (Wildman–Crippen LogP) is 2.68. The first-order valence-corrected chi connectivity index (χ1v) is 9.91. The van der Waals surface area contributed by atoms with Crippen molar-refractivity contribution in [2.45, 2.75) is 19.4 Å². The Bertz CT molecular complexity index is 1000. The summed E-state index contributed by atoms with van der Waals surface area (Å²) in [5.41, 5.74) is 3.66. The zero-order valence-corrected chi connectivity index (χ0v) is 16.5. The van der Waals surface area contributed by atoms with Crippen molar-refractivity contribution in [3.8, 4) is 0 Å². The molecule has 1 atom stereocenters. The fourth-order valence-electron chi connectivity index (χ4n) is 3.67. The van der Waals surface area contributed by atoms with Crippen LogP contribution in [0.15, 0.2) is 54.7 Å². The van der Waals surface area contributed by atoms with Crippen molar-refractivity contribution in [1.82, 2.24) is 15.2 Å². The Balaban J connectivity index is 1.58. The first kappa shape index (κ1) is 19.2. The summed E-state index contributed by atoms with van der Waals surface area (Å²) >= 11 is 0. The predicted molar refractivity (Wildman–Crippen MR) is 112 cm³/mol. The molecular formula is C23H25N3O3. The number of benzene rings is 2. The maximum Gasteiger partial charge on any atom is 0.251 e. The molecule has 6 heteroatoms. The number of nitrogens with zero attached hydrogens (tertiary/aromatic N) is 1. The topological polar surface area (TPSA) is 74.4 Å². The number of nitrogens with one attached hydrogen (secondary N) is 2. The van der Waals surface area contributed by atoms with Crippen LogP contribution in [0.1, 0.15) is 21.5 Å². The summed E-state index contributed by atoms with van der Waals surface area (Å²) in [4.78, 5) is 31.1. The van der Waals surface area contributed by atoms with Crippen LogP contribution in [-0.2, 0) is 16.0 Å². The van der Waals surface area contributed by atoms with Crippen LogP contribution in [-0.4, -0.2) is 54.0 Å². The van der Waals surface area contributed by atoms with Gasteiger partial charge in [-0.3, -0.25) is 9.59 Å². The van der Waals surface area contributed by atoms with E-state index in [4.69, 9.17) is 4.74 Å². The second-order valence-electron chi connectivity index (χ2n) is 7.39. The molecule has 0 saturated carbocycles. The highest BCUT2D eigenvalue weighted by atomic mass is 16.5. The quantitative estimate of drug-likeness (QED) is 0.702. The molecule has 1 aliphatic heterocycles. The second kappa shape index (κ2) is 8.49. The number of morpholine rings is 1. The first-order valence-electron chi connectivity index (χ1n) is 9.91. The lowest BCUT2D eigenvalue weighted by Crippen LogP contribution is -2.52. The van der Waals surface area contributed by atoms with Crippen molar-refractivity contribution in [3.05, 3.63) is 71.4 Å². The molecule has 150 valence electrons. The highest BCUT2D eigenvalue weighted by molar-refractivity contribution is 5.98. The van der Waals surface area contributed by atoms with Crippen LogP contribution < -0.4 is 5.32 Å². The molecule has 1 fully saturated rings. The minimum Gasteiger partial charge on any atom is -0.378 e. The molecule has 2 heterocycles. The summed E-state index contributed by atoms with van der Waals surface area (Å²) in [6.45, 7) is 4.12. The summed E-state index contributed by atoms with van der Waals surface area (Å²) in [5.74, 6) is -0.310. The van der Waals surface area contributed by atoms with Crippen molar-refractivity contribution in [2.24, 2.45) is 0 Å². The Labute approximate surface area is 169 Å². The highest BCUT2D eigenvalue weighted by Gasteiger charge is 2.28. The molecule has 2 aromatic carbocycles. The molecule has 3 aromatic rings. The van der Waals surface area contributed by atoms with E-state index in [1.807, 2.05) is 49.5 Å². The van der Waals surface area contributed by atoms with Gasteiger partial charge in [0.15, 0.2) is 0 Å². The monoisotopic (exact) mass is 391 g/mol. The lowest BCUT2D eigenvalue weighted by atomic mass is 10.0. The number of aromatic nitrogens is 1. The van der Waals surface area contributed by atoms with E-state index < -0.39 is 6.04 Å².